The first kappa shape index (κ1) is 21.1. The number of carbonyl (C=O) groups excluding carboxylic acids is 2. The zero-order chi connectivity index (χ0) is 20.8. The summed E-state index contributed by atoms with van der Waals surface area (Å²) in [6.45, 7) is 2.54. The lowest BCUT2D eigenvalue weighted by Gasteiger charge is -2.34. The molecular formula is C21H23ClFN3O3. The SMILES string of the molecule is COc1ccccc1CNC(=O)CN1CCN(C(=O)c2cc(Cl)ccc2F)CC1. The zero-order valence-electron chi connectivity index (χ0n) is 16.2. The average Bonchev–Trinajstić information content (AvgIpc) is 2.74. The van der Waals surface area contributed by atoms with Crippen LogP contribution in [0.3, 0.4) is 0 Å². The maximum absolute atomic E-state index is 13.9. The lowest BCUT2D eigenvalue weighted by Crippen LogP contribution is -2.51. The second-order valence-electron chi connectivity index (χ2n) is 6.78. The normalized spacial score (nSPS) is 14.5. The van der Waals surface area contributed by atoms with Crippen molar-refractivity contribution in [3.63, 3.8) is 0 Å². The van der Waals surface area contributed by atoms with Crippen LogP contribution in [-0.2, 0) is 11.3 Å². The summed E-state index contributed by atoms with van der Waals surface area (Å²) in [5.41, 5.74) is 0.878. The molecule has 1 fully saturated rings. The zero-order valence-corrected chi connectivity index (χ0v) is 16.9. The van der Waals surface area contributed by atoms with E-state index < -0.39 is 5.82 Å². The van der Waals surface area contributed by atoms with Crippen molar-refractivity contribution in [2.24, 2.45) is 0 Å². The molecule has 0 unspecified atom stereocenters. The molecule has 1 aliphatic rings. The van der Waals surface area contributed by atoms with Crippen LogP contribution in [0.1, 0.15) is 15.9 Å². The number of nitrogens with one attached hydrogen (secondary N) is 1. The lowest BCUT2D eigenvalue weighted by atomic mass is 10.1. The predicted octanol–water partition coefficient (Wildman–Crippen LogP) is 2.56. The van der Waals surface area contributed by atoms with E-state index in [1.807, 2.05) is 29.2 Å². The number of hydrogen-bond acceptors (Lipinski definition) is 4. The van der Waals surface area contributed by atoms with E-state index in [1.165, 1.54) is 18.2 Å². The minimum atomic E-state index is -0.586. The third-order valence-corrected chi connectivity index (χ3v) is 5.09. The Bertz CT molecular complexity index is 885. The molecule has 154 valence electrons. The maximum Gasteiger partial charge on any atom is 0.256 e. The van der Waals surface area contributed by atoms with Gasteiger partial charge in [0, 0.05) is 43.3 Å². The largest absolute Gasteiger partial charge is 0.496 e. The van der Waals surface area contributed by atoms with Gasteiger partial charge in [-0.05, 0) is 24.3 Å². The Hall–Kier alpha value is -2.64. The Morgan fingerprint density at radius 2 is 1.86 bits per heavy atom. The molecule has 3 rings (SSSR count). The van der Waals surface area contributed by atoms with Gasteiger partial charge in [0.1, 0.15) is 11.6 Å². The highest BCUT2D eigenvalue weighted by atomic mass is 35.5. The number of amides is 2. The number of halogens is 2. The second kappa shape index (κ2) is 9.71. The molecule has 2 aromatic carbocycles. The lowest BCUT2D eigenvalue weighted by molar-refractivity contribution is -0.122. The van der Waals surface area contributed by atoms with E-state index in [0.717, 1.165) is 11.3 Å². The molecule has 2 amide bonds. The van der Waals surface area contributed by atoms with E-state index >= 15 is 0 Å². The van der Waals surface area contributed by atoms with Gasteiger partial charge in [0.05, 0.1) is 19.2 Å². The number of methoxy groups -OCH3 is 1. The molecule has 1 aliphatic heterocycles. The molecule has 8 heteroatoms. The van der Waals surface area contributed by atoms with Crippen molar-refractivity contribution >= 4 is 23.4 Å². The first-order valence-corrected chi connectivity index (χ1v) is 9.71. The Labute approximate surface area is 174 Å². The fourth-order valence-corrected chi connectivity index (χ4v) is 3.41. The highest BCUT2D eigenvalue weighted by Gasteiger charge is 2.25. The van der Waals surface area contributed by atoms with Crippen LogP contribution >= 0.6 is 11.6 Å². The number of hydrogen-bond donors (Lipinski definition) is 1. The second-order valence-corrected chi connectivity index (χ2v) is 7.22. The van der Waals surface area contributed by atoms with E-state index in [0.29, 0.717) is 37.7 Å². The van der Waals surface area contributed by atoms with Gasteiger partial charge in [-0.3, -0.25) is 14.5 Å². The molecule has 0 radical (unpaired) electrons. The Morgan fingerprint density at radius 3 is 2.59 bits per heavy atom. The molecular weight excluding hydrogens is 397 g/mol. The molecule has 0 spiro atoms. The van der Waals surface area contributed by atoms with Crippen LogP contribution in [0.2, 0.25) is 5.02 Å². The van der Waals surface area contributed by atoms with Gasteiger partial charge < -0.3 is 15.0 Å². The Kier molecular flexibility index (Phi) is 7.06. The van der Waals surface area contributed by atoms with Crippen molar-refractivity contribution in [1.82, 2.24) is 15.1 Å². The van der Waals surface area contributed by atoms with E-state index in [-0.39, 0.29) is 23.9 Å². The molecule has 29 heavy (non-hydrogen) atoms. The van der Waals surface area contributed by atoms with Crippen molar-refractivity contribution in [2.75, 3.05) is 39.8 Å². The van der Waals surface area contributed by atoms with Crippen LogP contribution in [0, 0.1) is 5.82 Å². The molecule has 0 aromatic heterocycles. The first-order valence-electron chi connectivity index (χ1n) is 9.33. The Balaban J connectivity index is 1.47. The van der Waals surface area contributed by atoms with E-state index in [4.69, 9.17) is 16.3 Å². The number of ether oxygens (including phenoxy) is 1. The molecule has 1 N–H and O–H groups in total. The van der Waals surface area contributed by atoms with Crippen LogP contribution in [0.15, 0.2) is 42.5 Å². The number of nitrogens with zero attached hydrogens (tertiary/aromatic N) is 2. The fraction of sp³-hybridized carbons (Fsp3) is 0.333. The summed E-state index contributed by atoms with van der Waals surface area (Å²) in [6, 6.07) is 11.5. The molecule has 1 heterocycles. The van der Waals surface area contributed by atoms with Gasteiger partial charge in [-0.15, -0.1) is 0 Å². The summed E-state index contributed by atoms with van der Waals surface area (Å²) in [5.74, 6) is -0.340. The molecule has 2 aromatic rings. The van der Waals surface area contributed by atoms with E-state index in [9.17, 15) is 14.0 Å². The summed E-state index contributed by atoms with van der Waals surface area (Å²) in [4.78, 5) is 28.4. The van der Waals surface area contributed by atoms with Crippen molar-refractivity contribution in [3.05, 3.63) is 64.4 Å². The number of piperazine rings is 1. The van der Waals surface area contributed by atoms with Crippen molar-refractivity contribution < 1.29 is 18.7 Å². The summed E-state index contributed by atoms with van der Waals surface area (Å²) in [7, 11) is 1.59. The van der Waals surface area contributed by atoms with Gasteiger partial charge in [0.25, 0.3) is 5.91 Å². The first-order chi connectivity index (χ1) is 14.0. The van der Waals surface area contributed by atoms with Gasteiger partial charge in [-0.2, -0.15) is 0 Å². The topological polar surface area (TPSA) is 61.9 Å². The smallest absolute Gasteiger partial charge is 0.256 e. The summed E-state index contributed by atoms with van der Waals surface area (Å²) in [5, 5.41) is 3.21. The van der Waals surface area contributed by atoms with Crippen LogP contribution in [0.25, 0.3) is 0 Å². The minimum absolute atomic E-state index is 0.0273. The van der Waals surface area contributed by atoms with Gasteiger partial charge in [0.2, 0.25) is 5.91 Å². The van der Waals surface area contributed by atoms with E-state index in [2.05, 4.69) is 5.32 Å². The number of benzene rings is 2. The summed E-state index contributed by atoms with van der Waals surface area (Å²) >= 11 is 5.88. The van der Waals surface area contributed by atoms with Crippen LogP contribution in [-0.4, -0.2) is 61.4 Å². The molecule has 0 saturated carbocycles. The number of carbonyl (C=O) groups is 2. The van der Waals surface area contributed by atoms with Gasteiger partial charge in [-0.25, -0.2) is 4.39 Å². The summed E-state index contributed by atoms with van der Waals surface area (Å²) < 4.78 is 19.2. The quantitative estimate of drug-likeness (QED) is 0.781. The molecule has 0 bridgehead atoms. The number of para-hydroxylation sites is 1. The van der Waals surface area contributed by atoms with E-state index in [1.54, 1.807) is 12.0 Å². The molecule has 6 nitrogen and oxygen atoms in total. The van der Waals surface area contributed by atoms with Crippen molar-refractivity contribution in [2.45, 2.75) is 6.54 Å². The number of rotatable bonds is 6. The van der Waals surface area contributed by atoms with Crippen LogP contribution in [0.5, 0.6) is 5.75 Å². The fourth-order valence-electron chi connectivity index (χ4n) is 3.24. The van der Waals surface area contributed by atoms with Crippen molar-refractivity contribution in [3.8, 4) is 5.75 Å². The van der Waals surface area contributed by atoms with Gasteiger partial charge >= 0.3 is 0 Å². The average molecular weight is 420 g/mol. The minimum Gasteiger partial charge on any atom is -0.496 e. The molecule has 0 aliphatic carbocycles. The maximum atomic E-state index is 13.9. The standard InChI is InChI=1S/C21H23ClFN3O3/c1-29-19-5-3-2-4-15(19)13-24-20(27)14-25-8-10-26(11-9-25)21(28)17-12-16(22)6-7-18(17)23/h2-7,12H,8-11,13-14H2,1H3,(H,24,27). The predicted molar refractivity (Wildman–Crippen MR) is 109 cm³/mol. The van der Waals surface area contributed by atoms with Gasteiger partial charge in [-0.1, -0.05) is 29.8 Å². The third kappa shape index (κ3) is 5.46. The monoisotopic (exact) mass is 419 g/mol. The highest BCUT2D eigenvalue weighted by Crippen LogP contribution is 2.18. The van der Waals surface area contributed by atoms with Crippen molar-refractivity contribution in [1.29, 1.82) is 0 Å². The molecule has 1 saturated heterocycles. The summed E-state index contributed by atoms with van der Waals surface area (Å²) in [6.07, 6.45) is 0. The van der Waals surface area contributed by atoms with Crippen LogP contribution in [0.4, 0.5) is 4.39 Å². The Morgan fingerprint density at radius 1 is 1.14 bits per heavy atom. The highest BCUT2D eigenvalue weighted by molar-refractivity contribution is 6.31. The van der Waals surface area contributed by atoms with Gasteiger partial charge in [0.15, 0.2) is 0 Å². The third-order valence-electron chi connectivity index (χ3n) is 4.85. The van der Waals surface area contributed by atoms with Crippen LogP contribution < -0.4 is 10.1 Å². The molecule has 0 atom stereocenters.